The third-order valence-corrected chi connectivity index (χ3v) is 4.14. The number of carbonyl (C=O) groups excluding carboxylic acids is 1. The molecule has 22 heavy (non-hydrogen) atoms. The van der Waals surface area contributed by atoms with Gasteiger partial charge in [0.2, 0.25) is 0 Å². The number of benzene rings is 1. The molecule has 2 N–H and O–H groups in total. The van der Waals surface area contributed by atoms with Gasteiger partial charge in [0.05, 0.1) is 6.54 Å². The Balaban J connectivity index is 1.75. The largest absolute Gasteiger partial charge is 0.448 e. The van der Waals surface area contributed by atoms with Gasteiger partial charge < -0.3 is 14.8 Å². The summed E-state index contributed by atoms with van der Waals surface area (Å²) in [6, 6.07) is 7.77. The number of halogens is 1. The molecule has 0 aliphatic rings. The molecule has 0 saturated heterocycles. The van der Waals surface area contributed by atoms with Crippen LogP contribution in [-0.4, -0.2) is 17.6 Å². The highest BCUT2D eigenvalue weighted by Crippen LogP contribution is 2.24. The first-order chi connectivity index (χ1) is 10.5. The zero-order valence-electron chi connectivity index (χ0n) is 11.8. The minimum Gasteiger partial charge on any atom is -0.448 e. The summed E-state index contributed by atoms with van der Waals surface area (Å²) in [5.41, 5.74) is -0.391. The maximum atomic E-state index is 13.6. The highest BCUT2D eigenvalue weighted by molar-refractivity contribution is 7.08. The van der Waals surface area contributed by atoms with Gasteiger partial charge in [0.1, 0.15) is 5.60 Å². The van der Waals surface area contributed by atoms with Crippen LogP contribution in [0.4, 0.5) is 4.39 Å². The SMILES string of the molecule is CC(O)(CNC(=O)c1cc2cccc(F)c2o1)c1ccsc1. The van der Waals surface area contributed by atoms with E-state index in [1.54, 1.807) is 25.1 Å². The van der Waals surface area contributed by atoms with Crippen LogP contribution in [0.5, 0.6) is 0 Å². The Hall–Kier alpha value is -2.18. The Kier molecular flexibility index (Phi) is 3.72. The van der Waals surface area contributed by atoms with Gasteiger partial charge in [0.15, 0.2) is 17.2 Å². The first-order valence-electron chi connectivity index (χ1n) is 6.69. The molecule has 2 aromatic heterocycles. The van der Waals surface area contributed by atoms with E-state index in [9.17, 15) is 14.3 Å². The summed E-state index contributed by atoms with van der Waals surface area (Å²) in [5, 5.41) is 17.2. The minimum absolute atomic E-state index is 0.0150. The monoisotopic (exact) mass is 319 g/mol. The molecule has 1 amide bonds. The van der Waals surface area contributed by atoms with Crippen LogP contribution in [0.25, 0.3) is 11.0 Å². The Morgan fingerprint density at radius 3 is 2.95 bits per heavy atom. The van der Waals surface area contributed by atoms with E-state index < -0.39 is 17.3 Å². The molecule has 0 aliphatic heterocycles. The average Bonchev–Trinajstić information content (AvgIpc) is 3.14. The molecule has 1 unspecified atom stereocenters. The van der Waals surface area contributed by atoms with Gasteiger partial charge in [-0.15, -0.1) is 0 Å². The van der Waals surface area contributed by atoms with Crippen LogP contribution in [-0.2, 0) is 5.60 Å². The highest BCUT2D eigenvalue weighted by Gasteiger charge is 2.25. The second kappa shape index (κ2) is 5.55. The summed E-state index contributed by atoms with van der Waals surface area (Å²) < 4.78 is 18.8. The van der Waals surface area contributed by atoms with E-state index in [0.717, 1.165) is 5.56 Å². The number of amides is 1. The lowest BCUT2D eigenvalue weighted by atomic mass is 9.99. The number of furan rings is 1. The summed E-state index contributed by atoms with van der Waals surface area (Å²) in [6.45, 7) is 1.65. The smallest absolute Gasteiger partial charge is 0.287 e. The highest BCUT2D eigenvalue weighted by atomic mass is 32.1. The standard InChI is InChI=1S/C16H14FNO3S/c1-16(20,11-5-6-22-8-11)9-18-15(19)13-7-10-3-2-4-12(17)14(10)21-13/h2-8,20H,9H2,1H3,(H,18,19). The molecule has 3 aromatic rings. The van der Waals surface area contributed by atoms with Crippen molar-refractivity contribution >= 4 is 28.2 Å². The second-order valence-corrected chi connectivity index (χ2v) is 6.02. The van der Waals surface area contributed by atoms with Crippen molar-refractivity contribution < 1.29 is 18.7 Å². The third kappa shape index (κ3) is 2.75. The van der Waals surface area contributed by atoms with E-state index in [-0.39, 0.29) is 17.9 Å². The van der Waals surface area contributed by atoms with E-state index in [2.05, 4.69) is 5.32 Å². The first kappa shape index (κ1) is 14.7. The Bertz CT molecular complexity index is 808. The average molecular weight is 319 g/mol. The summed E-state index contributed by atoms with van der Waals surface area (Å²) in [5.74, 6) is -0.992. The van der Waals surface area contributed by atoms with Gasteiger partial charge in [0.25, 0.3) is 5.91 Å². The number of hydrogen-bond acceptors (Lipinski definition) is 4. The lowest BCUT2D eigenvalue weighted by Gasteiger charge is -2.22. The number of thiophene rings is 1. The molecule has 2 heterocycles. The Morgan fingerprint density at radius 1 is 1.45 bits per heavy atom. The van der Waals surface area contributed by atoms with Crippen molar-refractivity contribution in [1.82, 2.24) is 5.32 Å². The summed E-state index contributed by atoms with van der Waals surface area (Å²) in [4.78, 5) is 12.1. The van der Waals surface area contributed by atoms with Crippen molar-refractivity contribution in [2.75, 3.05) is 6.54 Å². The van der Waals surface area contributed by atoms with Crippen LogP contribution in [0.15, 0.2) is 45.5 Å². The van der Waals surface area contributed by atoms with E-state index in [0.29, 0.717) is 5.39 Å². The fourth-order valence-electron chi connectivity index (χ4n) is 2.15. The molecule has 4 nitrogen and oxygen atoms in total. The van der Waals surface area contributed by atoms with Crippen LogP contribution in [0, 0.1) is 5.82 Å². The topological polar surface area (TPSA) is 62.5 Å². The van der Waals surface area contributed by atoms with Crippen LogP contribution in [0.1, 0.15) is 23.0 Å². The van der Waals surface area contributed by atoms with Crippen molar-refractivity contribution in [2.45, 2.75) is 12.5 Å². The van der Waals surface area contributed by atoms with Crippen molar-refractivity contribution in [1.29, 1.82) is 0 Å². The molecule has 1 atom stereocenters. The van der Waals surface area contributed by atoms with Crippen LogP contribution in [0.2, 0.25) is 0 Å². The van der Waals surface area contributed by atoms with Gasteiger partial charge in [0, 0.05) is 5.39 Å². The van der Waals surface area contributed by atoms with E-state index in [4.69, 9.17) is 4.42 Å². The Morgan fingerprint density at radius 2 is 2.27 bits per heavy atom. The number of carbonyl (C=O) groups is 1. The molecule has 0 aliphatic carbocycles. The van der Waals surface area contributed by atoms with Crippen LogP contribution < -0.4 is 5.32 Å². The summed E-state index contributed by atoms with van der Waals surface area (Å²) >= 11 is 1.47. The van der Waals surface area contributed by atoms with Gasteiger partial charge in [-0.3, -0.25) is 4.79 Å². The van der Waals surface area contributed by atoms with Crippen molar-refractivity contribution in [3.8, 4) is 0 Å². The summed E-state index contributed by atoms with van der Waals surface area (Å²) in [7, 11) is 0. The predicted molar refractivity (Wildman–Crippen MR) is 82.4 cm³/mol. The number of para-hydroxylation sites is 1. The Labute approximate surface area is 130 Å². The van der Waals surface area contributed by atoms with Crippen LogP contribution >= 0.6 is 11.3 Å². The molecule has 0 radical (unpaired) electrons. The number of rotatable bonds is 4. The molecule has 0 bridgehead atoms. The van der Waals surface area contributed by atoms with E-state index >= 15 is 0 Å². The van der Waals surface area contributed by atoms with Gasteiger partial charge in [-0.25, -0.2) is 4.39 Å². The first-order valence-corrected chi connectivity index (χ1v) is 7.63. The maximum Gasteiger partial charge on any atom is 0.287 e. The molecular formula is C16H14FNO3S. The molecule has 6 heteroatoms. The molecule has 114 valence electrons. The minimum atomic E-state index is -1.17. The van der Waals surface area contributed by atoms with Gasteiger partial charge >= 0.3 is 0 Å². The van der Waals surface area contributed by atoms with Crippen molar-refractivity contribution in [2.24, 2.45) is 0 Å². The number of fused-ring (bicyclic) bond motifs is 1. The molecular weight excluding hydrogens is 305 g/mol. The van der Waals surface area contributed by atoms with Crippen molar-refractivity contribution in [3.63, 3.8) is 0 Å². The molecule has 3 rings (SSSR count). The zero-order valence-corrected chi connectivity index (χ0v) is 12.6. The number of aliphatic hydroxyl groups is 1. The second-order valence-electron chi connectivity index (χ2n) is 5.24. The quantitative estimate of drug-likeness (QED) is 0.776. The molecule has 0 saturated carbocycles. The number of nitrogens with one attached hydrogen (secondary N) is 1. The van der Waals surface area contributed by atoms with Crippen molar-refractivity contribution in [3.05, 3.63) is 58.2 Å². The molecule has 0 spiro atoms. The summed E-state index contributed by atoms with van der Waals surface area (Å²) in [6.07, 6.45) is 0. The fraction of sp³-hybridized carbons (Fsp3) is 0.188. The number of hydrogen-bond donors (Lipinski definition) is 2. The van der Waals surface area contributed by atoms with E-state index in [1.165, 1.54) is 23.5 Å². The lowest BCUT2D eigenvalue weighted by molar-refractivity contribution is 0.0523. The zero-order chi connectivity index (χ0) is 15.7. The maximum absolute atomic E-state index is 13.6. The van der Waals surface area contributed by atoms with Gasteiger partial charge in [-0.2, -0.15) is 11.3 Å². The van der Waals surface area contributed by atoms with E-state index in [1.807, 2.05) is 10.8 Å². The van der Waals surface area contributed by atoms with Gasteiger partial charge in [-0.1, -0.05) is 12.1 Å². The molecule has 1 aromatic carbocycles. The lowest BCUT2D eigenvalue weighted by Crippen LogP contribution is -2.38. The molecule has 0 fully saturated rings. The van der Waals surface area contributed by atoms with Gasteiger partial charge in [-0.05, 0) is 41.4 Å². The predicted octanol–water partition coefficient (Wildman–Crippen LogP) is 3.27. The third-order valence-electron chi connectivity index (χ3n) is 3.46. The normalized spacial score (nSPS) is 14.0. The van der Waals surface area contributed by atoms with Crippen LogP contribution in [0.3, 0.4) is 0 Å². The fourth-order valence-corrected chi connectivity index (χ4v) is 2.93.